The molecule has 0 saturated heterocycles. The number of aliphatic hydroxyl groups is 1. The maximum atomic E-state index is 10.6. The summed E-state index contributed by atoms with van der Waals surface area (Å²) in [5.74, 6) is -1.74. The van der Waals surface area contributed by atoms with Crippen molar-refractivity contribution in [3.63, 3.8) is 0 Å². The summed E-state index contributed by atoms with van der Waals surface area (Å²) in [6.45, 7) is 0. The van der Waals surface area contributed by atoms with Crippen LogP contribution in [0.15, 0.2) is 0 Å². The number of aliphatic carboxylic acids is 1. The highest BCUT2D eigenvalue weighted by molar-refractivity contribution is 6.18. The molecule has 0 heterocycles. The molecular formula is C6H9ClO4. The first-order chi connectivity index (χ1) is 5.06. The fourth-order valence-corrected chi connectivity index (χ4v) is 0.667. The van der Waals surface area contributed by atoms with Gasteiger partial charge in [0.25, 0.3) is 0 Å². The molecule has 64 valence electrons. The number of rotatable bonds is 5. The van der Waals surface area contributed by atoms with Crippen LogP contribution in [-0.2, 0) is 9.59 Å². The van der Waals surface area contributed by atoms with Gasteiger partial charge in [0.15, 0.2) is 0 Å². The van der Waals surface area contributed by atoms with Crippen LogP contribution in [0.1, 0.15) is 12.8 Å². The molecule has 0 saturated carbocycles. The maximum Gasteiger partial charge on any atom is 0.310 e. The Morgan fingerprint density at radius 3 is 2.36 bits per heavy atom. The van der Waals surface area contributed by atoms with Gasteiger partial charge in [-0.1, -0.05) is 0 Å². The molecule has 0 aliphatic rings. The van der Waals surface area contributed by atoms with E-state index < -0.39 is 24.3 Å². The number of ketones is 1. The molecule has 0 aliphatic carbocycles. The first-order valence-corrected chi connectivity index (χ1v) is 3.57. The summed E-state index contributed by atoms with van der Waals surface area (Å²) >= 11 is 5.18. The molecule has 0 aromatic rings. The zero-order chi connectivity index (χ0) is 8.85. The van der Waals surface area contributed by atoms with E-state index in [1.807, 2.05) is 0 Å². The molecule has 0 fully saturated rings. The topological polar surface area (TPSA) is 74.6 Å². The van der Waals surface area contributed by atoms with E-state index in [0.717, 1.165) is 0 Å². The van der Waals surface area contributed by atoms with E-state index in [1.54, 1.807) is 0 Å². The van der Waals surface area contributed by atoms with Crippen LogP contribution in [0, 0.1) is 0 Å². The molecule has 0 radical (unpaired) electrons. The Kier molecular flexibility index (Phi) is 4.81. The molecule has 0 aliphatic heterocycles. The molecule has 11 heavy (non-hydrogen) atoms. The Morgan fingerprint density at radius 2 is 2.00 bits per heavy atom. The van der Waals surface area contributed by atoms with E-state index in [2.05, 4.69) is 0 Å². The molecule has 0 aromatic carbocycles. The molecule has 4 nitrogen and oxygen atoms in total. The van der Waals surface area contributed by atoms with Gasteiger partial charge in [0.2, 0.25) is 0 Å². The van der Waals surface area contributed by atoms with Crippen LogP contribution in [0.25, 0.3) is 0 Å². The number of hydrogen-bond acceptors (Lipinski definition) is 3. The number of carbonyl (C=O) groups is 2. The van der Waals surface area contributed by atoms with Crippen molar-refractivity contribution < 1.29 is 19.8 Å². The molecule has 0 bridgehead atoms. The fraction of sp³-hybridized carbons (Fsp3) is 0.667. The molecule has 0 rings (SSSR count). The Hall–Kier alpha value is -0.610. The lowest BCUT2D eigenvalue weighted by molar-refractivity contribution is -0.140. The van der Waals surface area contributed by atoms with E-state index in [9.17, 15) is 9.59 Å². The minimum absolute atomic E-state index is 0.0502. The van der Waals surface area contributed by atoms with Crippen LogP contribution < -0.4 is 0 Å². The van der Waals surface area contributed by atoms with E-state index in [4.69, 9.17) is 21.8 Å². The van der Waals surface area contributed by atoms with Crippen LogP contribution in [0.3, 0.4) is 0 Å². The third kappa shape index (κ3) is 5.82. The van der Waals surface area contributed by atoms with Gasteiger partial charge in [0.1, 0.15) is 12.2 Å². The second-order valence-electron chi connectivity index (χ2n) is 2.12. The molecular weight excluding hydrogens is 172 g/mol. The number of carboxylic acid groups (broad SMARTS) is 1. The lowest BCUT2D eigenvalue weighted by Gasteiger charge is -2.02. The van der Waals surface area contributed by atoms with Crippen molar-refractivity contribution in [2.24, 2.45) is 0 Å². The first kappa shape index (κ1) is 10.4. The maximum absolute atomic E-state index is 10.6. The second kappa shape index (κ2) is 5.09. The molecule has 0 spiro atoms. The molecule has 5 heteroatoms. The smallest absolute Gasteiger partial charge is 0.310 e. The highest BCUT2D eigenvalue weighted by atomic mass is 35.5. The molecule has 1 atom stereocenters. The van der Waals surface area contributed by atoms with Gasteiger partial charge < -0.3 is 10.2 Å². The summed E-state index contributed by atoms with van der Waals surface area (Å²) in [5.41, 5.74) is 0. The summed E-state index contributed by atoms with van der Waals surface area (Å²) in [7, 11) is 0. The average molecular weight is 181 g/mol. The Balaban J connectivity index is 3.60. The van der Waals surface area contributed by atoms with Gasteiger partial charge in [-0.05, 0) is 0 Å². The normalized spacial score (nSPS) is 12.5. The van der Waals surface area contributed by atoms with Crippen molar-refractivity contribution in [2.45, 2.75) is 18.9 Å². The second-order valence-corrected chi connectivity index (χ2v) is 2.43. The fourth-order valence-electron chi connectivity index (χ4n) is 0.558. The lowest BCUT2D eigenvalue weighted by atomic mass is 10.1. The first-order valence-electron chi connectivity index (χ1n) is 3.03. The quantitative estimate of drug-likeness (QED) is 0.462. The van der Waals surface area contributed by atoms with Gasteiger partial charge in [0.05, 0.1) is 6.10 Å². The van der Waals surface area contributed by atoms with Crippen molar-refractivity contribution in [3.8, 4) is 0 Å². The number of aliphatic hydroxyl groups excluding tert-OH is 1. The van der Waals surface area contributed by atoms with Gasteiger partial charge in [-0.3, -0.25) is 9.59 Å². The third-order valence-electron chi connectivity index (χ3n) is 0.990. The highest BCUT2D eigenvalue weighted by Gasteiger charge is 2.12. The minimum atomic E-state index is -1.18. The number of halogens is 1. The van der Waals surface area contributed by atoms with Crippen LogP contribution in [0.2, 0.25) is 0 Å². The van der Waals surface area contributed by atoms with Gasteiger partial charge in [-0.2, -0.15) is 0 Å². The van der Waals surface area contributed by atoms with Gasteiger partial charge >= 0.3 is 5.97 Å². The van der Waals surface area contributed by atoms with E-state index >= 15 is 0 Å². The Labute approximate surface area is 68.8 Å². The average Bonchev–Trinajstić information content (AvgIpc) is 1.85. The van der Waals surface area contributed by atoms with Crippen molar-refractivity contribution >= 4 is 23.4 Å². The van der Waals surface area contributed by atoms with Gasteiger partial charge in [0, 0.05) is 12.3 Å². The summed E-state index contributed by atoms with van der Waals surface area (Å²) in [4.78, 5) is 20.6. The van der Waals surface area contributed by atoms with Crippen LogP contribution >= 0.6 is 11.6 Å². The molecule has 0 unspecified atom stereocenters. The van der Waals surface area contributed by atoms with Gasteiger partial charge in [-0.15, -0.1) is 11.6 Å². The monoisotopic (exact) mass is 180 g/mol. The zero-order valence-electron chi connectivity index (χ0n) is 5.79. The number of carbonyl (C=O) groups excluding carboxylic acids is 1. The molecule has 0 amide bonds. The Bertz CT molecular complexity index is 157. The van der Waals surface area contributed by atoms with Gasteiger partial charge in [-0.25, -0.2) is 0 Å². The molecule has 0 aromatic heterocycles. The lowest BCUT2D eigenvalue weighted by Crippen LogP contribution is -2.17. The highest BCUT2D eigenvalue weighted by Crippen LogP contribution is 1.98. The minimum Gasteiger partial charge on any atom is -0.481 e. The number of alkyl halides is 1. The van der Waals surface area contributed by atoms with Crippen molar-refractivity contribution in [3.05, 3.63) is 0 Å². The largest absolute Gasteiger partial charge is 0.481 e. The van der Waals surface area contributed by atoms with E-state index in [-0.39, 0.29) is 12.3 Å². The molecule has 2 N–H and O–H groups in total. The van der Waals surface area contributed by atoms with E-state index in [0.29, 0.717) is 0 Å². The number of carboxylic acids is 1. The number of Topliss-reactive ketones (excluding diaryl/α,β-unsaturated/α-hetero) is 1. The van der Waals surface area contributed by atoms with E-state index in [1.165, 1.54) is 0 Å². The predicted molar refractivity (Wildman–Crippen MR) is 38.6 cm³/mol. The summed E-state index contributed by atoms with van der Waals surface area (Å²) in [6, 6.07) is 0. The third-order valence-corrected chi connectivity index (χ3v) is 1.35. The summed E-state index contributed by atoms with van der Waals surface area (Å²) in [6.07, 6.45) is -1.66. The van der Waals surface area contributed by atoms with Crippen molar-refractivity contribution in [2.75, 3.05) is 5.88 Å². The predicted octanol–water partition coefficient (Wildman–Crippen LogP) is 0.0200. The SMILES string of the molecule is O=C(O)CC(=O)C[C@H](O)CCl. The van der Waals surface area contributed by atoms with Crippen molar-refractivity contribution in [1.82, 2.24) is 0 Å². The summed E-state index contributed by atoms with van der Waals surface area (Å²) in [5, 5.41) is 16.9. The standard InChI is InChI=1S/C6H9ClO4/c7-3-5(9)1-4(8)2-6(10)11/h5,9H,1-3H2,(H,10,11)/t5-/m0/s1. The number of hydrogen-bond donors (Lipinski definition) is 2. The van der Waals surface area contributed by atoms with Crippen LogP contribution in [-0.4, -0.2) is 33.9 Å². The van der Waals surface area contributed by atoms with Crippen LogP contribution in [0.5, 0.6) is 0 Å². The summed E-state index contributed by atoms with van der Waals surface area (Å²) < 4.78 is 0. The van der Waals surface area contributed by atoms with Crippen LogP contribution in [0.4, 0.5) is 0 Å². The zero-order valence-corrected chi connectivity index (χ0v) is 6.54. The Morgan fingerprint density at radius 1 is 1.45 bits per heavy atom. The van der Waals surface area contributed by atoms with Crippen molar-refractivity contribution in [1.29, 1.82) is 0 Å².